The van der Waals surface area contributed by atoms with Gasteiger partial charge in [-0.05, 0) is 76.3 Å². The van der Waals surface area contributed by atoms with Crippen molar-refractivity contribution in [3.8, 4) is 0 Å². The predicted molar refractivity (Wildman–Crippen MR) is 200 cm³/mol. The van der Waals surface area contributed by atoms with E-state index in [2.05, 4.69) is 53.8 Å². The van der Waals surface area contributed by atoms with Crippen LogP contribution in [0.1, 0.15) is 194 Å². The van der Waals surface area contributed by atoms with Crippen LogP contribution in [0.15, 0.2) is 42.5 Å². The van der Waals surface area contributed by atoms with Crippen LogP contribution in [0.25, 0.3) is 0 Å². The number of hydrogen-bond acceptors (Lipinski definition) is 3. The standard InChI is InChI=1S/C41H71N3O2/c1-3-5-7-9-11-13-15-17-19-21-23-25-27-29-31-36-40(45)43-38-34-33-35-39(42-38)44-41(46)37-32-30-28-26-24-22-20-18-16-14-12-10-8-6-4-2/h17-20,33-35H,3-16,21-32,36-37H2,1-2H3,(H2,42,43,44,45,46). The van der Waals surface area contributed by atoms with Gasteiger partial charge in [-0.3, -0.25) is 9.59 Å². The average molecular weight is 638 g/mol. The van der Waals surface area contributed by atoms with E-state index in [9.17, 15) is 9.59 Å². The minimum Gasteiger partial charge on any atom is -0.311 e. The molecule has 262 valence electrons. The summed E-state index contributed by atoms with van der Waals surface area (Å²) in [6, 6.07) is 5.37. The number of rotatable bonds is 32. The SMILES string of the molecule is CCCCCCCCC=CCCCCCCCC(=O)Nc1cccc(NC(=O)CCCCCCCC=CCCCCCCCC)n1. The molecule has 0 aliphatic heterocycles. The van der Waals surface area contributed by atoms with Gasteiger partial charge in [-0.2, -0.15) is 0 Å². The molecule has 0 aromatic carbocycles. The number of hydrogen-bond donors (Lipinski definition) is 2. The highest BCUT2D eigenvalue weighted by atomic mass is 16.2. The number of unbranched alkanes of at least 4 members (excludes halogenated alkanes) is 22. The molecule has 0 atom stereocenters. The van der Waals surface area contributed by atoms with Crippen molar-refractivity contribution in [2.24, 2.45) is 0 Å². The molecular formula is C41H71N3O2. The predicted octanol–water partition coefficient (Wildman–Crippen LogP) is 13.0. The van der Waals surface area contributed by atoms with Gasteiger partial charge in [0.1, 0.15) is 11.6 Å². The van der Waals surface area contributed by atoms with Crippen LogP contribution in [0, 0.1) is 0 Å². The minimum atomic E-state index is -0.0121. The van der Waals surface area contributed by atoms with E-state index in [1.54, 1.807) is 12.1 Å². The first kappa shape index (κ1) is 41.6. The van der Waals surface area contributed by atoms with Gasteiger partial charge in [0.15, 0.2) is 0 Å². The van der Waals surface area contributed by atoms with Gasteiger partial charge in [0, 0.05) is 12.8 Å². The number of nitrogens with zero attached hydrogens (tertiary/aromatic N) is 1. The summed E-state index contributed by atoms with van der Waals surface area (Å²) in [4.78, 5) is 29.2. The Kier molecular flexibility index (Phi) is 29.4. The second kappa shape index (κ2) is 32.5. The van der Waals surface area contributed by atoms with E-state index in [1.807, 2.05) is 6.07 Å². The van der Waals surface area contributed by atoms with Gasteiger partial charge in [-0.1, -0.05) is 147 Å². The summed E-state index contributed by atoms with van der Waals surface area (Å²) in [7, 11) is 0. The maximum Gasteiger partial charge on any atom is 0.225 e. The van der Waals surface area contributed by atoms with Crippen molar-refractivity contribution in [1.29, 1.82) is 0 Å². The zero-order valence-corrected chi connectivity index (χ0v) is 30.1. The highest BCUT2D eigenvalue weighted by Crippen LogP contribution is 2.14. The van der Waals surface area contributed by atoms with Gasteiger partial charge in [-0.15, -0.1) is 0 Å². The lowest BCUT2D eigenvalue weighted by molar-refractivity contribution is -0.117. The van der Waals surface area contributed by atoms with Gasteiger partial charge in [-0.25, -0.2) is 4.98 Å². The fraction of sp³-hybridized carbons (Fsp3) is 0.732. The molecule has 5 heteroatoms. The monoisotopic (exact) mass is 638 g/mol. The first-order valence-electron chi connectivity index (χ1n) is 19.5. The van der Waals surface area contributed by atoms with Crippen LogP contribution in [0.2, 0.25) is 0 Å². The third kappa shape index (κ3) is 27.8. The molecule has 0 saturated carbocycles. The maximum atomic E-state index is 12.4. The third-order valence-electron chi connectivity index (χ3n) is 8.62. The van der Waals surface area contributed by atoms with E-state index in [1.165, 1.54) is 141 Å². The van der Waals surface area contributed by atoms with Crippen LogP contribution in [0.3, 0.4) is 0 Å². The van der Waals surface area contributed by atoms with Gasteiger partial charge in [0.2, 0.25) is 11.8 Å². The fourth-order valence-electron chi connectivity index (χ4n) is 5.70. The summed E-state index contributed by atoms with van der Waals surface area (Å²) in [6.07, 6.45) is 42.8. The molecule has 2 amide bonds. The Balaban J connectivity index is 2.01. The molecule has 0 unspecified atom stereocenters. The molecule has 0 aliphatic rings. The maximum absolute atomic E-state index is 12.4. The smallest absolute Gasteiger partial charge is 0.225 e. The lowest BCUT2D eigenvalue weighted by Crippen LogP contribution is -2.15. The van der Waals surface area contributed by atoms with Crippen molar-refractivity contribution in [3.63, 3.8) is 0 Å². The van der Waals surface area contributed by atoms with Gasteiger partial charge < -0.3 is 10.6 Å². The number of amides is 2. The highest BCUT2D eigenvalue weighted by Gasteiger charge is 2.07. The Bertz CT molecular complexity index is 841. The Morgan fingerprint density at radius 2 is 0.783 bits per heavy atom. The lowest BCUT2D eigenvalue weighted by Gasteiger charge is -2.08. The van der Waals surface area contributed by atoms with Gasteiger partial charge in [0.25, 0.3) is 0 Å². The minimum absolute atomic E-state index is 0.0121. The molecule has 0 saturated heterocycles. The van der Waals surface area contributed by atoms with Crippen LogP contribution in [-0.4, -0.2) is 16.8 Å². The Morgan fingerprint density at radius 1 is 0.478 bits per heavy atom. The third-order valence-corrected chi connectivity index (χ3v) is 8.62. The lowest BCUT2D eigenvalue weighted by atomic mass is 10.1. The largest absolute Gasteiger partial charge is 0.311 e. The molecule has 1 aromatic heterocycles. The van der Waals surface area contributed by atoms with Crippen LogP contribution >= 0.6 is 0 Å². The molecule has 0 spiro atoms. The molecule has 0 fully saturated rings. The molecular weight excluding hydrogens is 566 g/mol. The number of anilines is 2. The molecule has 5 nitrogen and oxygen atoms in total. The highest BCUT2D eigenvalue weighted by molar-refractivity contribution is 5.91. The topological polar surface area (TPSA) is 71.1 Å². The fourth-order valence-corrected chi connectivity index (χ4v) is 5.70. The van der Waals surface area contributed by atoms with E-state index >= 15 is 0 Å². The van der Waals surface area contributed by atoms with Crippen LogP contribution < -0.4 is 10.6 Å². The van der Waals surface area contributed by atoms with Crippen molar-refractivity contribution >= 4 is 23.5 Å². The number of nitrogens with one attached hydrogen (secondary N) is 2. The summed E-state index contributed by atoms with van der Waals surface area (Å²) in [6.45, 7) is 4.53. The van der Waals surface area contributed by atoms with Crippen molar-refractivity contribution in [2.45, 2.75) is 194 Å². The number of aromatic nitrogens is 1. The molecule has 46 heavy (non-hydrogen) atoms. The molecule has 1 heterocycles. The molecule has 2 N–H and O–H groups in total. The number of allylic oxidation sites excluding steroid dienone is 4. The zero-order valence-electron chi connectivity index (χ0n) is 30.1. The van der Waals surface area contributed by atoms with E-state index in [4.69, 9.17) is 0 Å². The summed E-state index contributed by atoms with van der Waals surface area (Å²) in [5.41, 5.74) is 0. The van der Waals surface area contributed by atoms with Crippen molar-refractivity contribution in [3.05, 3.63) is 42.5 Å². The number of carbonyl (C=O) groups excluding carboxylic acids is 2. The van der Waals surface area contributed by atoms with Crippen LogP contribution in [0.5, 0.6) is 0 Å². The molecule has 0 bridgehead atoms. The first-order valence-corrected chi connectivity index (χ1v) is 19.5. The van der Waals surface area contributed by atoms with E-state index in [-0.39, 0.29) is 11.8 Å². The second-order valence-corrected chi connectivity index (χ2v) is 13.2. The Morgan fingerprint density at radius 3 is 1.13 bits per heavy atom. The number of carbonyl (C=O) groups is 2. The van der Waals surface area contributed by atoms with Gasteiger partial charge >= 0.3 is 0 Å². The first-order chi connectivity index (χ1) is 22.7. The summed E-state index contributed by atoms with van der Waals surface area (Å²) >= 11 is 0. The average Bonchev–Trinajstić information content (AvgIpc) is 3.05. The van der Waals surface area contributed by atoms with E-state index < -0.39 is 0 Å². The number of pyridine rings is 1. The Labute approximate surface area is 284 Å². The molecule has 0 radical (unpaired) electrons. The van der Waals surface area contributed by atoms with Crippen LogP contribution in [0.4, 0.5) is 11.6 Å². The zero-order chi connectivity index (χ0) is 33.2. The van der Waals surface area contributed by atoms with Crippen molar-refractivity contribution < 1.29 is 9.59 Å². The quantitative estimate of drug-likeness (QED) is 0.0610. The molecule has 1 aromatic rings. The summed E-state index contributed by atoms with van der Waals surface area (Å²) in [5, 5.41) is 5.78. The summed E-state index contributed by atoms with van der Waals surface area (Å²) in [5.74, 6) is 0.969. The second-order valence-electron chi connectivity index (χ2n) is 13.2. The van der Waals surface area contributed by atoms with E-state index in [0.29, 0.717) is 24.5 Å². The van der Waals surface area contributed by atoms with Crippen molar-refractivity contribution in [1.82, 2.24) is 4.98 Å². The summed E-state index contributed by atoms with van der Waals surface area (Å²) < 4.78 is 0. The van der Waals surface area contributed by atoms with E-state index in [0.717, 1.165) is 25.7 Å². The molecule has 0 aliphatic carbocycles. The normalized spacial score (nSPS) is 11.5. The Hall–Kier alpha value is -2.43. The van der Waals surface area contributed by atoms with Crippen LogP contribution in [-0.2, 0) is 9.59 Å². The molecule has 1 rings (SSSR count). The van der Waals surface area contributed by atoms with Crippen molar-refractivity contribution in [2.75, 3.05) is 10.6 Å². The van der Waals surface area contributed by atoms with Gasteiger partial charge in [0.05, 0.1) is 0 Å².